The topological polar surface area (TPSA) is 40.5 Å². The van der Waals surface area contributed by atoms with Crippen LogP contribution in [0.1, 0.15) is 36.0 Å². The van der Waals surface area contributed by atoms with Gasteiger partial charge in [0.05, 0.1) is 4.47 Å². The van der Waals surface area contributed by atoms with Crippen LogP contribution < -0.4 is 0 Å². The van der Waals surface area contributed by atoms with Crippen LogP contribution in [-0.2, 0) is 0 Å². The fourth-order valence-corrected chi connectivity index (χ4v) is 2.43. The van der Waals surface area contributed by atoms with Crippen molar-refractivity contribution in [1.29, 1.82) is 0 Å². The minimum absolute atomic E-state index is 0.0607. The van der Waals surface area contributed by atoms with Crippen LogP contribution in [0.15, 0.2) is 22.7 Å². The van der Waals surface area contributed by atoms with Gasteiger partial charge in [0.25, 0.3) is 5.91 Å². The van der Waals surface area contributed by atoms with Crippen molar-refractivity contribution in [1.82, 2.24) is 4.90 Å². The molecule has 0 spiro atoms. The van der Waals surface area contributed by atoms with Gasteiger partial charge in [-0.1, -0.05) is 0 Å². The summed E-state index contributed by atoms with van der Waals surface area (Å²) in [5, 5.41) is 8.92. The van der Waals surface area contributed by atoms with Gasteiger partial charge in [-0.15, -0.1) is 0 Å². The van der Waals surface area contributed by atoms with Crippen LogP contribution in [-0.4, -0.2) is 35.1 Å². The molecule has 0 radical (unpaired) electrons. The molecule has 1 aromatic carbocycles. The number of aliphatic hydroxyl groups excluding tert-OH is 1. The minimum Gasteiger partial charge on any atom is -0.396 e. The van der Waals surface area contributed by atoms with Crippen molar-refractivity contribution in [2.75, 3.05) is 13.2 Å². The summed E-state index contributed by atoms with van der Waals surface area (Å²) in [6.45, 7) is 0.586. The van der Waals surface area contributed by atoms with E-state index in [4.69, 9.17) is 5.11 Å². The normalized spacial score (nSPS) is 15.1. The van der Waals surface area contributed by atoms with Gasteiger partial charge < -0.3 is 10.0 Å². The van der Waals surface area contributed by atoms with Crippen LogP contribution in [0.25, 0.3) is 0 Å². The standard InChI is InChI=1S/C14H17BrFNO2/c15-12-6-5-10(9-13(12)16)14(19)17(7-2-8-18)11-3-1-4-11/h5-6,9,11,18H,1-4,7-8H2. The molecule has 104 valence electrons. The third kappa shape index (κ3) is 3.34. The molecule has 5 heteroatoms. The fourth-order valence-electron chi connectivity index (χ4n) is 2.18. The molecule has 1 aliphatic carbocycles. The smallest absolute Gasteiger partial charge is 0.254 e. The Kier molecular flexibility index (Phi) is 4.93. The van der Waals surface area contributed by atoms with E-state index < -0.39 is 5.82 Å². The number of aliphatic hydroxyl groups is 1. The predicted molar refractivity (Wildman–Crippen MR) is 74.5 cm³/mol. The van der Waals surface area contributed by atoms with Crippen LogP contribution in [0.2, 0.25) is 0 Å². The Labute approximate surface area is 120 Å². The summed E-state index contributed by atoms with van der Waals surface area (Å²) in [6.07, 6.45) is 3.68. The van der Waals surface area contributed by atoms with Gasteiger partial charge in [0.1, 0.15) is 5.82 Å². The van der Waals surface area contributed by atoms with Crippen LogP contribution in [0.5, 0.6) is 0 Å². The van der Waals surface area contributed by atoms with Crippen molar-refractivity contribution in [3.05, 3.63) is 34.1 Å². The monoisotopic (exact) mass is 329 g/mol. The Balaban J connectivity index is 2.15. The number of rotatable bonds is 5. The first-order valence-electron chi connectivity index (χ1n) is 6.50. The van der Waals surface area contributed by atoms with Crippen molar-refractivity contribution in [2.24, 2.45) is 0 Å². The van der Waals surface area contributed by atoms with Crippen LogP contribution in [0.4, 0.5) is 4.39 Å². The zero-order chi connectivity index (χ0) is 13.8. The minimum atomic E-state index is -0.429. The van der Waals surface area contributed by atoms with E-state index >= 15 is 0 Å². The quantitative estimate of drug-likeness (QED) is 0.902. The Bertz CT molecular complexity index is 463. The van der Waals surface area contributed by atoms with Gasteiger partial charge in [-0.25, -0.2) is 4.39 Å². The first-order valence-corrected chi connectivity index (χ1v) is 7.29. The molecule has 1 amide bonds. The maximum Gasteiger partial charge on any atom is 0.254 e. The lowest BCUT2D eigenvalue weighted by Gasteiger charge is -2.37. The summed E-state index contributed by atoms with van der Waals surface area (Å²) in [4.78, 5) is 14.2. The average Bonchev–Trinajstić information content (AvgIpc) is 2.34. The highest BCUT2D eigenvalue weighted by molar-refractivity contribution is 9.10. The molecule has 1 aliphatic rings. The number of amides is 1. The molecule has 0 aromatic heterocycles. The summed E-state index contributed by atoms with van der Waals surface area (Å²) in [7, 11) is 0. The maximum absolute atomic E-state index is 13.5. The van der Waals surface area contributed by atoms with Gasteiger partial charge in [-0.3, -0.25) is 4.79 Å². The van der Waals surface area contributed by atoms with Gasteiger partial charge in [0.15, 0.2) is 0 Å². The van der Waals surface area contributed by atoms with Gasteiger partial charge in [0, 0.05) is 24.8 Å². The average molecular weight is 330 g/mol. The van der Waals surface area contributed by atoms with Crippen molar-refractivity contribution < 1.29 is 14.3 Å². The highest BCUT2D eigenvalue weighted by Gasteiger charge is 2.29. The number of benzene rings is 1. The van der Waals surface area contributed by atoms with E-state index in [9.17, 15) is 9.18 Å². The molecule has 0 aliphatic heterocycles. The molecule has 1 fully saturated rings. The summed E-state index contributed by atoms with van der Waals surface area (Å²) in [5.74, 6) is -0.578. The highest BCUT2D eigenvalue weighted by atomic mass is 79.9. The van der Waals surface area contributed by atoms with Crippen molar-refractivity contribution in [3.63, 3.8) is 0 Å². The molecule has 3 nitrogen and oxygen atoms in total. The Hall–Kier alpha value is -0.940. The van der Waals surface area contributed by atoms with Crippen LogP contribution >= 0.6 is 15.9 Å². The zero-order valence-corrected chi connectivity index (χ0v) is 12.2. The molecule has 0 heterocycles. The molecule has 0 unspecified atom stereocenters. The second kappa shape index (κ2) is 6.48. The molecule has 0 saturated heterocycles. The third-order valence-electron chi connectivity index (χ3n) is 3.50. The van der Waals surface area contributed by atoms with Crippen molar-refractivity contribution >= 4 is 21.8 Å². The van der Waals surface area contributed by atoms with E-state index in [1.54, 1.807) is 17.0 Å². The zero-order valence-electron chi connectivity index (χ0n) is 10.6. The lowest BCUT2D eigenvalue weighted by molar-refractivity contribution is 0.0562. The summed E-state index contributed by atoms with van der Waals surface area (Å²) >= 11 is 3.08. The highest BCUT2D eigenvalue weighted by Crippen LogP contribution is 2.27. The molecule has 0 atom stereocenters. The first kappa shape index (κ1) is 14.5. The number of hydrogen-bond donors (Lipinski definition) is 1. The van der Waals surface area contributed by atoms with Crippen molar-refractivity contribution in [3.8, 4) is 0 Å². The summed E-state index contributed by atoms with van der Waals surface area (Å²) in [6, 6.07) is 4.68. The van der Waals surface area contributed by atoms with E-state index in [0.29, 0.717) is 23.0 Å². The van der Waals surface area contributed by atoms with E-state index in [-0.39, 0.29) is 18.6 Å². The summed E-state index contributed by atoms with van der Waals surface area (Å²) in [5.41, 5.74) is 0.366. The molecule has 1 aromatic rings. The summed E-state index contributed by atoms with van der Waals surface area (Å²) < 4.78 is 13.9. The SMILES string of the molecule is O=C(c1ccc(Br)c(F)c1)N(CCCO)C1CCC1. The largest absolute Gasteiger partial charge is 0.396 e. The van der Waals surface area contributed by atoms with E-state index in [1.165, 1.54) is 6.07 Å². The van der Waals surface area contributed by atoms with Gasteiger partial charge in [0.2, 0.25) is 0 Å². The Morgan fingerprint density at radius 3 is 2.74 bits per heavy atom. The number of nitrogens with zero attached hydrogens (tertiary/aromatic N) is 1. The fraction of sp³-hybridized carbons (Fsp3) is 0.500. The second-order valence-corrected chi connectivity index (χ2v) is 5.64. The van der Waals surface area contributed by atoms with E-state index in [0.717, 1.165) is 19.3 Å². The molecule has 1 N–H and O–H groups in total. The van der Waals surface area contributed by atoms with Crippen LogP contribution in [0.3, 0.4) is 0 Å². The lowest BCUT2D eigenvalue weighted by Crippen LogP contribution is -2.45. The number of halogens is 2. The van der Waals surface area contributed by atoms with Crippen LogP contribution in [0, 0.1) is 5.82 Å². The molecule has 19 heavy (non-hydrogen) atoms. The van der Waals surface area contributed by atoms with Gasteiger partial charge in [-0.05, 0) is 59.8 Å². The number of hydrogen-bond acceptors (Lipinski definition) is 2. The molecular weight excluding hydrogens is 313 g/mol. The molecule has 0 bridgehead atoms. The number of carbonyl (C=O) groups is 1. The van der Waals surface area contributed by atoms with E-state index in [2.05, 4.69) is 15.9 Å². The predicted octanol–water partition coefficient (Wildman–Crippen LogP) is 2.97. The molecular formula is C14H17BrFNO2. The van der Waals surface area contributed by atoms with Gasteiger partial charge >= 0.3 is 0 Å². The van der Waals surface area contributed by atoms with Crippen molar-refractivity contribution in [2.45, 2.75) is 31.7 Å². The lowest BCUT2D eigenvalue weighted by atomic mass is 9.90. The van der Waals surface area contributed by atoms with Gasteiger partial charge in [-0.2, -0.15) is 0 Å². The first-order chi connectivity index (χ1) is 9.13. The Morgan fingerprint density at radius 2 is 2.21 bits per heavy atom. The molecule has 1 saturated carbocycles. The second-order valence-electron chi connectivity index (χ2n) is 4.79. The number of carbonyl (C=O) groups excluding carboxylic acids is 1. The maximum atomic E-state index is 13.5. The molecule has 2 rings (SSSR count). The third-order valence-corrected chi connectivity index (χ3v) is 4.14. The Morgan fingerprint density at radius 1 is 1.47 bits per heavy atom. The van der Waals surface area contributed by atoms with E-state index in [1.807, 2.05) is 0 Å².